The second-order valence-corrected chi connectivity index (χ2v) is 6.25. The van der Waals surface area contributed by atoms with Crippen LogP contribution in [-0.4, -0.2) is 0 Å². The molecule has 0 saturated carbocycles. The van der Waals surface area contributed by atoms with E-state index in [1.54, 1.807) is 0 Å². The van der Waals surface area contributed by atoms with Gasteiger partial charge in [-0.3, -0.25) is 0 Å². The molecule has 0 atom stereocenters. The van der Waals surface area contributed by atoms with Crippen LogP contribution >= 0.6 is 23.4 Å². The summed E-state index contributed by atoms with van der Waals surface area (Å²) in [6, 6.07) is 20.8. The molecule has 0 fully saturated rings. The van der Waals surface area contributed by atoms with Crippen LogP contribution in [0.5, 0.6) is 0 Å². The molecule has 0 N–H and O–H groups in total. The standard InChI is InChI=1S/C19H15ClS/c1-2-14-6-5-7-15(12-14)13-21-19-11-10-18(20)16-8-3-4-9-17(16)19/h2-12H,1,13H2. The Morgan fingerprint density at radius 3 is 2.57 bits per heavy atom. The van der Waals surface area contributed by atoms with E-state index in [1.165, 1.54) is 15.8 Å². The van der Waals surface area contributed by atoms with Gasteiger partial charge in [-0.15, -0.1) is 11.8 Å². The fourth-order valence-corrected chi connectivity index (χ4v) is 3.56. The number of fused-ring (bicyclic) bond motifs is 1. The third kappa shape index (κ3) is 3.15. The van der Waals surface area contributed by atoms with Crippen molar-refractivity contribution in [1.82, 2.24) is 0 Å². The Morgan fingerprint density at radius 1 is 0.952 bits per heavy atom. The molecule has 0 bridgehead atoms. The minimum Gasteiger partial charge on any atom is -0.121 e. The van der Waals surface area contributed by atoms with E-state index in [9.17, 15) is 0 Å². The third-order valence-electron chi connectivity index (χ3n) is 3.41. The normalized spacial score (nSPS) is 10.7. The smallest absolute Gasteiger partial charge is 0.0485 e. The van der Waals surface area contributed by atoms with Gasteiger partial charge >= 0.3 is 0 Å². The van der Waals surface area contributed by atoms with Gasteiger partial charge in [0.05, 0.1) is 0 Å². The molecule has 2 heteroatoms. The number of hydrogen-bond acceptors (Lipinski definition) is 1. The molecular weight excluding hydrogens is 296 g/mol. The van der Waals surface area contributed by atoms with E-state index in [-0.39, 0.29) is 0 Å². The lowest BCUT2D eigenvalue weighted by atomic mass is 10.1. The van der Waals surface area contributed by atoms with Gasteiger partial charge in [0.25, 0.3) is 0 Å². The lowest BCUT2D eigenvalue weighted by Crippen LogP contribution is -1.84. The van der Waals surface area contributed by atoms with Crippen LogP contribution in [0.3, 0.4) is 0 Å². The maximum atomic E-state index is 6.27. The van der Waals surface area contributed by atoms with Crippen molar-refractivity contribution in [2.75, 3.05) is 0 Å². The minimum absolute atomic E-state index is 0.809. The molecule has 0 aliphatic rings. The van der Waals surface area contributed by atoms with E-state index in [4.69, 9.17) is 11.6 Å². The van der Waals surface area contributed by atoms with Crippen LogP contribution < -0.4 is 0 Å². The maximum absolute atomic E-state index is 6.27. The van der Waals surface area contributed by atoms with Crippen molar-refractivity contribution in [1.29, 1.82) is 0 Å². The molecule has 3 rings (SSSR count). The first kappa shape index (κ1) is 14.2. The lowest BCUT2D eigenvalue weighted by Gasteiger charge is -2.08. The van der Waals surface area contributed by atoms with E-state index in [0.717, 1.165) is 21.7 Å². The summed E-state index contributed by atoms with van der Waals surface area (Å²) in [6.45, 7) is 3.82. The third-order valence-corrected chi connectivity index (χ3v) is 4.89. The summed E-state index contributed by atoms with van der Waals surface area (Å²) >= 11 is 8.10. The van der Waals surface area contributed by atoms with Gasteiger partial charge in [0.15, 0.2) is 0 Å². The molecule has 0 amide bonds. The van der Waals surface area contributed by atoms with E-state index in [1.807, 2.05) is 30.0 Å². The summed E-state index contributed by atoms with van der Waals surface area (Å²) in [5.74, 6) is 0.938. The highest BCUT2D eigenvalue weighted by atomic mass is 35.5. The Morgan fingerprint density at radius 2 is 1.76 bits per heavy atom. The lowest BCUT2D eigenvalue weighted by molar-refractivity contribution is 1.39. The van der Waals surface area contributed by atoms with Gasteiger partial charge in [0, 0.05) is 21.1 Å². The number of hydrogen-bond donors (Lipinski definition) is 0. The molecule has 0 spiro atoms. The molecule has 21 heavy (non-hydrogen) atoms. The maximum Gasteiger partial charge on any atom is 0.0485 e. The molecule has 0 saturated heterocycles. The zero-order valence-electron chi connectivity index (χ0n) is 11.6. The summed E-state index contributed by atoms with van der Waals surface area (Å²) in [4.78, 5) is 1.26. The first-order valence-corrected chi connectivity index (χ1v) is 8.16. The van der Waals surface area contributed by atoms with Crippen LogP contribution in [0, 0.1) is 0 Å². The quantitative estimate of drug-likeness (QED) is 0.500. The van der Waals surface area contributed by atoms with Gasteiger partial charge in [0.1, 0.15) is 0 Å². The first-order chi connectivity index (χ1) is 10.3. The Labute approximate surface area is 134 Å². The highest BCUT2D eigenvalue weighted by Gasteiger charge is 2.05. The molecule has 0 aromatic heterocycles. The van der Waals surface area contributed by atoms with Crippen molar-refractivity contribution in [3.05, 3.63) is 83.4 Å². The summed E-state index contributed by atoms with van der Waals surface area (Å²) in [7, 11) is 0. The predicted molar refractivity (Wildman–Crippen MR) is 95.1 cm³/mol. The van der Waals surface area contributed by atoms with Crippen LogP contribution in [0.25, 0.3) is 16.8 Å². The van der Waals surface area contributed by atoms with Gasteiger partial charge in [0.2, 0.25) is 0 Å². The van der Waals surface area contributed by atoms with Crippen molar-refractivity contribution >= 4 is 40.2 Å². The van der Waals surface area contributed by atoms with Gasteiger partial charge in [-0.2, -0.15) is 0 Å². The van der Waals surface area contributed by atoms with Crippen molar-refractivity contribution in [2.45, 2.75) is 10.6 Å². The van der Waals surface area contributed by atoms with Crippen molar-refractivity contribution < 1.29 is 0 Å². The fourth-order valence-electron chi connectivity index (χ4n) is 2.33. The zero-order chi connectivity index (χ0) is 14.7. The van der Waals surface area contributed by atoms with E-state index < -0.39 is 0 Å². The Kier molecular flexibility index (Phi) is 4.33. The molecule has 0 nitrogen and oxygen atoms in total. The molecule has 3 aromatic rings. The van der Waals surface area contributed by atoms with Crippen molar-refractivity contribution in [3.8, 4) is 0 Å². The van der Waals surface area contributed by atoms with E-state index in [0.29, 0.717) is 0 Å². The van der Waals surface area contributed by atoms with Crippen molar-refractivity contribution in [2.24, 2.45) is 0 Å². The highest BCUT2D eigenvalue weighted by Crippen LogP contribution is 2.34. The molecule has 0 aliphatic carbocycles. The molecule has 0 heterocycles. The number of thioether (sulfide) groups is 1. The van der Waals surface area contributed by atoms with E-state index >= 15 is 0 Å². The Balaban J connectivity index is 1.88. The van der Waals surface area contributed by atoms with Gasteiger partial charge < -0.3 is 0 Å². The van der Waals surface area contributed by atoms with Gasteiger partial charge in [-0.1, -0.05) is 72.8 Å². The number of halogens is 1. The average Bonchev–Trinajstić information content (AvgIpc) is 2.55. The molecule has 104 valence electrons. The topological polar surface area (TPSA) is 0 Å². The van der Waals surface area contributed by atoms with Crippen LogP contribution in [0.15, 0.2) is 72.1 Å². The number of rotatable bonds is 4. The Hall–Kier alpha value is -1.70. The van der Waals surface area contributed by atoms with Crippen LogP contribution in [0.4, 0.5) is 0 Å². The SMILES string of the molecule is C=Cc1cccc(CSc2ccc(Cl)c3ccccc23)c1. The second kappa shape index (κ2) is 6.38. The zero-order valence-corrected chi connectivity index (χ0v) is 13.1. The molecule has 0 aliphatic heterocycles. The second-order valence-electron chi connectivity index (χ2n) is 4.83. The van der Waals surface area contributed by atoms with E-state index in [2.05, 4.69) is 55.1 Å². The molecule has 0 radical (unpaired) electrons. The predicted octanol–water partition coefficient (Wildman–Crippen LogP) is 6.43. The van der Waals surface area contributed by atoms with Crippen LogP contribution in [0.2, 0.25) is 5.02 Å². The molecule has 3 aromatic carbocycles. The van der Waals surface area contributed by atoms with Gasteiger partial charge in [-0.25, -0.2) is 0 Å². The monoisotopic (exact) mass is 310 g/mol. The largest absolute Gasteiger partial charge is 0.121 e. The molecule has 0 unspecified atom stereocenters. The Bertz CT molecular complexity index is 792. The summed E-state index contributed by atoms with van der Waals surface area (Å²) in [6.07, 6.45) is 1.88. The van der Waals surface area contributed by atoms with Crippen LogP contribution in [0.1, 0.15) is 11.1 Å². The summed E-state index contributed by atoms with van der Waals surface area (Å²) in [5.41, 5.74) is 2.46. The highest BCUT2D eigenvalue weighted by molar-refractivity contribution is 7.98. The first-order valence-electron chi connectivity index (χ1n) is 6.79. The summed E-state index contributed by atoms with van der Waals surface area (Å²) in [5, 5.41) is 3.14. The van der Waals surface area contributed by atoms with Crippen LogP contribution in [-0.2, 0) is 5.75 Å². The van der Waals surface area contributed by atoms with Gasteiger partial charge in [-0.05, 0) is 28.6 Å². The average molecular weight is 311 g/mol. The minimum atomic E-state index is 0.809. The fraction of sp³-hybridized carbons (Fsp3) is 0.0526. The van der Waals surface area contributed by atoms with Crippen molar-refractivity contribution in [3.63, 3.8) is 0 Å². The summed E-state index contributed by atoms with van der Waals surface area (Å²) < 4.78 is 0. The molecular formula is C19H15ClS. The number of benzene rings is 3.